The summed E-state index contributed by atoms with van der Waals surface area (Å²) >= 11 is 1.64. The Morgan fingerprint density at radius 1 is 1.19 bits per heavy atom. The number of piperazine rings is 1. The van der Waals surface area contributed by atoms with Crippen molar-refractivity contribution in [3.8, 4) is 5.75 Å². The fourth-order valence-corrected chi connectivity index (χ4v) is 4.57. The molecule has 8 nitrogen and oxygen atoms in total. The molecule has 1 unspecified atom stereocenters. The van der Waals surface area contributed by atoms with Gasteiger partial charge in [0.1, 0.15) is 5.75 Å². The van der Waals surface area contributed by atoms with Gasteiger partial charge in [-0.15, -0.1) is 11.8 Å². The zero-order valence-corrected chi connectivity index (χ0v) is 16.8. The summed E-state index contributed by atoms with van der Waals surface area (Å²) in [6.45, 7) is 2.83. The summed E-state index contributed by atoms with van der Waals surface area (Å²) in [4.78, 5) is 15.4. The minimum Gasteiger partial charge on any atom is -0.481 e. The summed E-state index contributed by atoms with van der Waals surface area (Å²) in [7, 11) is -3.60. The van der Waals surface area contributed by atoms with Crippen LogP contribution in [0.1, 0.15) is 6.92 Å². The van der Waals surface area contributed by atoms with Gasteiger partial charge in [0.25, 0.3) is 15.9 Å². The number of carbonyl (C=O) groups excluding carboxylic acids is 1. The Hall–Kier alpha value is -2.04. The summed E-state index contributed by atoms with van der Waals surface area (Å²) in [6.07, 6.45) is 2.76. The average Bonchev–Trinajstić information content (AvgIpc) is 3.24. The highest BCUT2D eigenvalue weighted by atomic mass is 32.2. The van der Waals surface area contributed by atoms with Crippen molar-refractivity contribution < 1.29 is 17.9 Å². The molecule has 0 saturated carbocycles. The number of thioether (sulfide) groups is 1. The Kier molecular flexibility index (Phi) is 6.08. The molecule has 146 valence electrons. The van der Waals surface area contributed by atoms with Gasteiger partial charge in [-0.2, -0.15) is 9.40 Å². The van der Waals surface area contributed by atoms with Crippen molar-refractivity contribution in [1.29, 1.82) is 0 Å². The average molecular weight is 411 g/mol. The number of nitrogens with one attached hydrogen (secondary N) is 1. The molecule has 1 aliphatic heterocycles. The van der Waals surface area contributed by atoms with Crippen LogP contribution in [0.5, 0.6) is 5.75 Å². The molecule has 1 N–H and O–H groups in total. The van der Waals surface area contributed by atoms with Crippen LogP contribution in [-0.2, 0) is 14.8 Å². The van der Waals surface area contributed by atoms with Crippen LogP contribution in [0.2, 0.25) is 0 Å². The third-order valence-electron chi connectivity index (χ3n) is 4.36. The second-order valence-electron chi connectivity index (χ2n) is 6.09. The molecule has 0 spiro atoms. The molecule has 1 aliphatic rings. The van der Waals surface area contributed by atoms with Gasteiger partial charge in [0.2, 0.25) is 0 Å². The van der Waals surface area contributed by atoms with Gasteiger partial charge < -0.3 is 9.64 Å². The van der Waals surface area contributed by atoms with Gasteiger partial charge in [-0.1, -0.05) is 0 Å². The third-order valence-corrected chi connectivity index (χ3v) is 6.94. The number of nitrogens with zero attached hydrogens (tertiary/aromatic N) is 3. The van der Waals surface area contributed by atoms with E-state index in [9.17, 15) is 13.2 Å². The Morgan fingerprint density at radius 2 is 1.85 bits per heavy atom. The first-order valence-electron chi connectivity index (χ1n) is 8.51. The van der Waals surface area contributed by atoms with Crippen molar-refractivity contribution in [2.75, 3.05) is 32.4 Å². The van der Waals surface area contributed by atoms with E-state index in [1.807, 2.05) is 30.5 Å². The number of aromatic amines is 1. The van der Waals surface area contributed by atoms with Crippen molar-refractivity contribution in [2.24, 2.45) is 0 Å². The molecule has 0 radical (unpaired) electrons. The fourth-order valence-electron chi connectivity index (χ4n) is 2.84. The highest BCUT2D eigenvalue weighted by Crippen LogP contribution is 2.21. The number of H-pyrrole nitrogens is 1. The van der Waals surface area contributed by atoms with Crippen LogP contribution >= 0.6 is 11.8 Å². The van der Waals surface area contributed by atoms with E-state index in [1.54, 1.807) is 23.6 Å². The Labute approximate surface area is 162 Å². The van der Waals surface area contributed by atoms with Crippen LogP contribution in [-0.4, -0.2) is 72.3 Å². The monoisotopic (exact) mass is 410 g/mol. The predicted octanol–water partition coefficient (Wildman–Crippen LogP) is 1.43. The van der Waals surface area contributed by atoms with E-state index in [1.165, 1.54) is 16.6 Å². The number of aromatic nitrogens is 2. The van der Waals surface area contributed by atoms with Crippen LogP contribution in [0.15, 0.2) is 46.5 Å². The smallest absolute Gasteiger partial charge is 0.263 e. The molecule has 2 aromatic rings. The molecule has 0 aliphatic carbocycles. The normalized spacial score (nSPS) is 16.9. The van der Waals surface area contributed by atoms with Gasteiger partial charge in [0, 0.05) is 31.1 Å². The molecule has 0 bridgehead atoms. The molecular weight excluding hydrogens is 388 g/mol. The highest BCUT2D eigenvalue weighted by Gasteiger charge is 2.32. The van der Waals surface area contributed by atoms with E-state index in [-0.39, 0.29) is 24.0 Å². The molecule has 1 saturated heterocycles. The Morgan fingerprint density at radius 3 is 2.41 bits per heavy atom. The standard InChI is InChI=1S/C17H22N4O4S2/c1-13(25-14-3-5-15(26-2)6-4-14)17(22)20-9-11-21(12-10-20)27(23,24)16-7-8-18-19-16/h3-8,13H,9-12H2,1-2H3,(H,18,19). The number of benzene rings is 1. The first kappa shape index (κ1) is 19.7. The number of ether oxygens (including phenoxy) is 1. The van der Waals surface area contributed by atoms with Crippen molar-refractivity contribution in [2.45, 2.75) is 22.9 Å². The molecule has 10 heteroatoms. The van der Waals surface area contributed by atoms with Crippen molar-refractivity contribution in [3.63, 3.8) is 0 Å². The first-order valence-corrected chi connectivity index (χ1v) is 11.2. The van der Waals surface area contributed by atoms with E-state index in [0.717, 1.165) is 4.90 Å². The van der Waals surface area contributed by atoms with E-state index >= 15 is 0 Å². The van der Waals surface area contributed by atoms with E-state index in [2.05, 4.69) is 10.2 Å². The lowest BCUT2D eigenvalue weighted by Gasteiger charge is -2.34. The van der Waals surface area contributed by atoms with E-state index in [4.69, 9.17) is 4.74 Å². The maximum atomic E-state index is 12.6. The van der Waals surface area contributed by atoms with Crippen molar-refractivity contribution in [3.05, 3.63) is 36.5 Å². The molecule has 2 heterocycles. The lowest BCUT2D eigenvalue weighted by atomic mass is 10.2. The second-order valence-corrected chi connectivity index (χ2v) is 8.87. The second kappa shape index (κ2) is 8.32. The molecule has 1 amide bonds. The molecule has 1 aromatic heterocycles. The third kappa shape index (κ3) is 4.45. The Balaban J connectivity index is 1.56. The number of hydrogen-bond acceptors (Lipinski definition) is 6. The van der Waals surface area contributed by atoms with Crippen LogP contribution in [0.25, 0.3) is 0 Å². The van der Waals surface area contributed by atoms with Crippen LogP contribution in [0, 0.1) is 0 Å². The summed E-state index contributed by atoms with van der Waals surface area (Å²) in [5.74, 6) is 0.483. The van der Waals surface area contributed by atoms with Crippen LogP contribution < -0.4 is 4.74 Å². The van der Waals surface area contributed by atoms with Crippen LogP contribution in [0.3, 0.4) is 0 Å². The maximum Gasteiger partial charge on any atom is 0.263 e. The molecule has 1 atom stereocenters. The first-order chi connectivity index (χ1) is 12.9. The molecular formula is C17H22N4O4S2. The zero-order chi connectivity index (χ0) is 19.4. The van der Waals surface area contributed by atoms with E-state index < -0.39 is 16.1 Å². The minimum absolute atomic E-state index is 0.0627. The summed E-state index contributed by atoms with van der Waals surface area (Å²) in [5, 5.41) is 6.23. The molecule has 1 aromatic carbocycles. The fraction of sp³-hybridized carbons (Fsp3) is 0.412. The summed E-state index contributed by atoms with van der Waals surface area (Å²) in [5.41, 5.74) is 0. The van der Waals surface area contributed by atoms with Gasteiger partial charge in [-0.25, -0.2) is 8.42 Å². The molecule has 1 fully saturated rings. The van der Waals surface area contributed by atoms with E-state index in [0.29, 0.717) is 18.8 Å². The number of amides is 1. The predicted molar refractivity (Wildman–Crippen MR) is 102 cm³/mol. The minimum atomic E-state index is -3.60. The van der Waals surface area contributed by atoms with Gasteiger partial charge in [0.05, 0.1) is 6.20 Å². The lowest BCUT2D eigenvalue weighted by Crippen LogP contribution is -2.53. The number of rotatable bonds is 6. The SMILES string of the molecule is CSc1ccc(OC(C)C(=O)N2CCN(S(=O)(=O)c3ccn[nH]3)CC2)cc1. The number of hydrogen-bond donors (Lipinski definition) is 1. The molecule has 27 heavy (non-hydrogen) atoms. The van der Waals surface area contributed by atoms with Gasteiger partial charge in [-0.05, 0) is 43.5 Å². The Bertz CT molecular complexity index is 861. The van der Waals surface area contributed by atoms with Crippen molar-refractivity contribution >= 4 is 27.7 Å². The number of carbonyl (C=O) groups is 1. The number of sulfonamides is 1. The van der Waals surface area contributed by atoms with Gasteiger partial charge in [-0.3, -0.25) is 9.89 Å². The zero-order valence-electron chi connectivity index (χ0n) is 15.2. The van der Waals surface area contributed by atoms with Crippen molar-refractivity contribution in [1.82, 2.24) is 19.4 Å². The summed E-state index contributed by atoms with van der Waals surface area (Å²) < 4.78 is 32.0. The van der Waals surface area contributed by atoms with Crippen LogP contribution in [0.4, 0.5) is 0 Å². The summed E-state index contributed by atoms with van der Waals surface area (Å²) in [6, 6.07) is 8.98. The quantitative estimate of drug-likeness (QED) is 0.724. The lowest BCUT2D eigenvalue weighted by molar-refractivity contribution is -0.139. The molecule has 3 rings (SSSR count). The topological polar surface area (TPSA) is 95.6 Å². The maximum absolute atomic E-state index is 12.6. The van der Waals surface area contributed by atoms with Gasteiger partial charge >= 0.3 is 0 Å². The highest BCUT2D eigenvalue weighted by molar-refractivity contribution is 7.98. The van der Waals surface area contributed by atoms with Gasteiger partial charge in [0.15, 0.2) is 11.1 Å². The largest absolute Gasteiger partial charge is 0.481 e.